The van der Waals surface area contributed by atoms with Crippen LogP contribution in [0.3, 0.4) is 0 Å². The van der Waals surface area contributed by atoms with Crippen LogP contribution in [0.1, 0.15) is 31.9 Å². The molecule has 0 aliphatic carbocycles. The summed E-state index contributed by atoms with van der Waals surface area (Å²) in [6.45, 7) is 4.72. The van der Waals surface area contributed by atoms with Gasteiger partial charge in [0.2, 0.25) is 23.6 Å². The van der Waals surface area contributed by atoms with Gasteiger partial charge in [0.25, 0.3) is 0 Å². The van der Waals surface area contributed by atoms with Crippen LogP contribution in [0.2, 0.25) is 0 Å². The number of imide groups is 1. The molecule has 186 valence electrons. The molecule has 2 fully saturated rings. The molecular formula is C20H29N7O6S. The van der Waals surface area contributed by atoms with Crippen molar-refractivity contribution in [1.29, 1.82) is 0 Å². The van der Waals surface area contributed by atoms with Crippen LogP contribution in [-0.4, -0.2) is 103 Å². The number of thioether (sulfide) groups is 1. The highest BCUT2D eigenvalue weighted by Crippen LogP contribution is 2.27. The number of carbonyl (C=O) groups excluding carboxylic acids is 4. The molecule has 1 aromatic heterocycles. The summed E-state index contributed by atoms with van der Waals surface area (Å²) in [6.07, 6.45) is 2.61. The first-order valence-corrected chi connectivity index (χ1v) is 12.1. The minimum Gasteiger partial charge on any atom is -0.480 e. The molecule has 0 radical (unpaired) electrons. The Hall–Kier alpha value is -3.00. The zero-order chi connectivity index (χ0) is 24.7. The summed E-state index contributed by atoms with van der Waals surface area (Å²) >= 11 is 1.03. The predicted molar refractivity (Wildman–Crippen MR) is 120 cm³/mol. The van der Waals surface area contributed by atoms with Gasteiger partial charge in [0, 0.05) is 58.2 Å². The maximum absolute atomic E-state index is 12.7. The minimum atomic E-state index is -1.21. The fourth-order valence-electron chi connectivity index (χ4n) is 3.73. The minimum absolute atomic E-state index is 0.0253. The van der Waals surface area contributed by atoms with Crippen molar-refractivity contribution in [2.75, 3.05) is 31.9 Å². The molecule has 0 aromatic carbocycles. The number of nitrogens with zero attached hydrogens (tertiary/aromatic N) is 5. The quantitative estimate of drug-likeness (QED) is 0.306. The molecule has 1 aromatic rings. The first-order valence-electron chi connectivity index (χ1n) is 11.1. The van der Waals surface area contributed by atoms with E-state index in [0.717, 1.165) is 29.8 Å². The van der Waals surface area contributed by atoms with Gasteiger partial charge in [-0.15, -0.1) is 16.9 Å². The van der Waals surface area contributed by atoms with Crippen molar-refractivity contribution in [2.45, 2.75) is 50.6 Å². The topological polar surface area (TPSA) is 167 Å². The van der Waals surface area contributed by atoms with E-state index < -0.39 is 29.1 Å². The zero-order valence-corrected chi connectivity index (χ0v) is 19.8. The van der Waals surface area contributed by atoms with Gasteiger partial charge in [-0.2, -0.15) is 0 Å². The van der Waals surface area contributed by atoms with Crippen LogP contribution >= 0.6 is 11.8 Å². The van der Waals surface area contributed by atoms with Crippen molar-refractivity contribution in [3.63, 3.8) is 0 Å². The van der Waals surface area contributed by atoms with Gasteiger partial charge in [-0.05, 0) is 6.42 Å². The van der Waals surface area contributed by atoms with E-state index in [4.69, 9.17) is 0 Å². The molecule has 2 atom stereocenters. The summed E-state index contributed by atoms with van der Waals surface area (Å²) in [5, 5.41) is 22.0. The van der Waals surface area contributed by atoms with Crippen LogP contribution in [-0.2, 0) is 37.1 Å². The second-order valence-electron chi connectivity index (χ2n) is 8.14. The smallest absolute Gasteiger partial charge is 0.327 e. The molecule has 14 heteroatoms. The molecule has 13 nitrogen and oxygen atoms in total. The standard InChI is InChI=1S/C20H29N7O6S/c1-13(28)22-15(20(32)33)12-34-16-9-18(30)27(19(16)31)11-14-10-26(24-23-14)6-2-3-17(29)25-7-4-21-5-8-25/h10,15-16,21H,2-9,11-12H2,1H3,(H,22,28)(H,32,33)/t15-,16?/m0/s1. The Labute approximate surface area is 200 Å². The van der Waals surface area contributed by atoms with Crippen molar-refractivity contribution < 1.29 is 29.1 Å². The summed E-state index contributed by atoms with van der Waals surface area (Å²) in [5.41, 5.74) is 0.447. The van der Waals surface area contributed by atoms with Gasteiger partial charge in [0.15, 0.2) is 0 Å². The summed E-state index contributed by atoms with van der Waals surface area (Å²) in [6, 6.07) is -1.14. The monoisotopic (exact) mass is 495 g/mol. The van der Waals surface area contributed by atoms with Crippen LogP contribution in [0, 0.1) is 0 Å². The third-order valence-corrected chi connectivity index (χ3v) is 6.79. The molecule has 4 amide bonds. The lowest BCUT2D eigenvalue weighted by Gasteiger charge is -2.27. The number of aliphatic carboxylic acids is 1. The number of rotatable bonds is 11. The van der Waals surface area contributed by atoms with Crippen molar-refractivity contribution in [3.8, 4) is 0 Å². The van der Waals surface area contributed by atoms with E-state index in [0.29, 0.717) is 38.2 Å². The van der Waals surface area contributed by atoms with E-state index in [-0.39, 0.29) is 30.5 Å². The van der Waals surface area contributed by atoms with E-state index in [2.05, 4.69) is 20.9 Å². The maximum atomic E-state index is 12.7. The van der Waals surface area contributed by atoms with Crippen LogP contribution in [0.25, 0.3) is 0 Å². The van der Waals surface area contributed by atoms with Gasteiger partial charge in [0.05, 0.1) is 18.0 Å². The number of amides is 4. The Balaban J connectivity index is 1.45. The number of aryl methyl sites for hydroxylation is 1. The number of piperazine rings is 1. The lowest BCUT2D eigenvalue weighted by molar-refractivity contribution is -0.141. The van der Waals surface area contributed by atoms with Gasteiger partial charge < -0.3 is 20.6 Å². The van der Waals surface area contributed by atoms with E-state index in [1.807, 2.05) is 4.90 Å². The van der Waals surface area contributed by atoms with Gasteiger partial charge >= 0.3 is 5.97 Å². The molecule has 1 unspecified atom stereocenters. The Morgan fingerprint density at radius 1 is 1.29 bits per heavy atom. The highest BCUT2D eigenvalue weighted by molar-refractivity contribution is 8.00. The average molecular weight is 496 g/mol. The zero-order valence-electron chi connectivity index (χ0n) is 18.9. The van der Waals surface area contributed by atoms with Gasteiger partial charge in [-0.3, -0.25) is 28.8 Å². The highest BCUT2D eigenvalue weighted by Gasteiger charge is 2.40. The first kappa shape index (κ1) is 25.6. The predicted octanol–water partition coefficient (Wildman–Crippen LogP) is -1.56. The van der Waals surface area contributed by atoms with Crippen molar-refractivity contribution in [2.24, 2.45) is 0 Å². The van der Waals surface area contributed by atoms with E-state index in [1.165, 1.54) is 6.92 Å². The van der Waals surface area contributed by atoms with E-state index in [1.54, 1.807) is 10.9 Å². The fourth-order valence-corrected chi connectivity index (χ4v) is 4.91. The average Bonchev–Trinajstić information content (AvgIpc) is 3.36. The lowest BCUT2D eigenvalue weighted by Crippen LogP contribution is -2.46. The Morgan fingerprint density at radius 2 is 2.03 bits per heavy atom. The second-order valence-corrected chi connectivity index (χ2v) is 9.38. The molecule has 2 saturated heterocycles. The van der Waals surface area contributed by atoms with Crippen molar-refractivity contribution in [1.82, 2.24) is 35.4 Å². The number of carboxylic acid groups (broad SMARTS) is 1. The number of carbonyl (C=O) groups is 5. The van der Waals surface area contributed by atoms with Crippen molar-refractivity contribution >= 4 is 41.4 Å². The maximum Gasteiger partial charge on any atom is 0.327 e. The Kier molecular flexibility index (Phi) is 8.98. The second kappa shape index (κ2) is 11.9. The molecule has 3 rings (SSSR count). The molecule has 3 heterocycles. The summed E-state index contributed by atoms with van der Waals surface area (Å²) in [5.74, 6) is -2.40. The van der Waals surface area contributed by atoms with Crippen molar-refractivity contribution in [3.05, 3.63) is 11.9 Å². The van der Waals surface area contributed by atoms with E-state index >= 15 is 0 Å². The molecule has 34 heavy (non-hydrogen) atoms. The molecule has 2 aliphatic rings. The summed E-state index contributed by atoms with van der Waals surface area (Å²) < 4.78 is 1.59. The highest BCUT2D eigenvalue weighted by atomic mass is 32.2. The molecule has 3 N–H and O–H groups in total. The Morgan fingerprint density at radius 3 is 2.71 bits per heavy atom. The number of hydrogen-bond acceptors (Lipinski definition) is 9. The third kappa shape index (κ3) is 7.00. The van der Waals surface area contributed by atoms with Crippen LogP contribution in [0.15, 0.2) is 6.20 Å². The number of aromatic nitrogens is 3. The molecular weight excluding hydrogens is 466 g/mol. The molecule has 0 spiro atoms. The number of likely N-dealkylation sites (tertiary alicyclic amines) is 1. The number of hydrogen-bond donors (Lipinski definition) is 3. The molecule has 2 aliphatic heterocycles. The van der Waals surface area contributed by atoms with Crippen LogP contribution < -0.4 is 10.6 Å². The SMILES string of the molecule is CC(=O)N[C@@H](CSC1CC(=O)N(Cc2cn(CCCC(=O)N3CCNCC3)nn2)C1=O)C(=O)O. The summed E-state index contributed by atoms with van der Waals surface area (Å²) in [7, 11) is 0. The van der Waals surface area contributed by atoms with Crippen LogP contribution in [0.5, 0.6) is 0 Å². The molecule has 0 saturated carbocycles. The van der Waals surface area contributed by atoms with Gasteiger partial charge in [-0.25, -0.2) is 4.79 Å². The van der Waals surface area contributed by atoms with Gasteiger partial charge in [-0.1, -0.05) is 5.21 Å². The lowest BCUT2D eigenvalue weighted by atomic mass is 10.2. The number of carboxylic acids is 1. The van der Waals surface area contributed by atoms with Gasteiger partial charge in [0.1, 0.15) is 11.7 Å². The fraction of sp³-hybridized carbons (Fsp3) is 0.650. The molecule has 0 bridgehead atoms. The van der Waals surface area contributed by atoms with Crippen LogP contribution in [0.4, 0.5) is 0 Å². The third-order valence-electron chi connectivity index (χ3n) is 5.50. The Bertz CT molecular complexity index is 932. The number of nitrogens with one attached hydrogen (secondary N) is 2. The normalized spacial score (nSPS) is 19.4. The first-order chi connectivity index (χ1) is 16.2. The summed E-state index contributed by atoms with van der Waals surface area (Å²) in [4.78, 5) is 62.6. The van der Waals surface area contributed by atoms with E-state index in [9.17, 15) is 29.1 Å². The largest absolute Gasteiger partial charge is 0.480 e.